The third-order valence-corrected chi connectivity index (χ3v) is 4.14. The number of hydrogen-bond donors (Lipinski definition) is 1. The number of carbonyl (C=O) groups is 2. The molecule has 0 aliphatic carbocycles. The summed E-state index contributed by atoms with van der Waals surface area (Å²) in [6.45, 7) is 5.30. The number of halogens is 1. The first kappa shape index (κ1) is 16.5. The number of rotatable bonds is 5. The topological polar surface area (TPSA) is 49.4 Å². The van der Waals surface area contributed by atoms with Crippen LogP contribution in [0.5, 0.6) is 0 Å². The number of amides is 2. The zero-order chi connectivity index (χ0) is 16.1. The lowest BCUT2D eigenvalue weighted by Gasteiger charge is -2.18. The molecule has 1 heterocycles. The van der Waals surface area contributed by atoms with Gasteiger partial charge in [-0.3, -0.25) is 9.59 Å². The van der Waals surface area contributed by atoms with Gasteiger partial charge in [-0.05, 0) is 24.1 Å². The van der Waals surface area contributed by atoms with Crippen molar-refractivity contribution in [3.05, 3.63) is 35.6 Å². The predicted molar refractivity (Wildman–Crippen MR) is 82.8 cm³/mol. The normalized spacial score (nSPS) is 21.0. The van der Waals surface area contributed by atoms with Crippen LogP contribution in [-0.2, 0) is 9.59 Å². The van der Waals surface area contributed by atoms with Gasteiger partial charge in [-0.1, -0.05) is 26.0 Å². The summed E-state index contributed by atoms with van der Waals surface area (Å²) in [5.74, 6) is -0.799. The maximum atomic E-state index is 13.5. The predicted octanol–water partition coefficient (Wildman–Crippen LogP) is 2.30. The lowest BCUT2D eigenvalue weighted by molar-refractivity contribution is -0.130. The summed E-state index contributed by atoms with van der Waals surface area (Å²) in [5, 5.41) is 2.90. The Morgan fingerprint density at radius 3 is 2.73 bits per heavy atom. The van der Waals surface area contributed by atoms with Gasteiger partial charge in [-0.25, -0.2) is 4.39 Å². The smallest absolute Gasteiger partial charge is 0.225 e. The molecule has 1 aromatic carbocycles. The van der Waals surface area contributed by atoms with E-state index in [0.717, 1.165) is 12.0 Å². The maximum absolute atomic E-state index is 13.5. The molecule has 1 N–H and O–H groups in total. The Bertz CT molecular complexity index is 547. The molecular formula is C17H23FN2O2. The van der Waals surface area contributed by atoms with E-state index in [-0.39, 0.29) is 29.5 Å². The van der Waals surface area contributed by atoms with E-state index in [1.54, 1.807) is 11.0 Å². The second kappa shape index (κ2) is 7.38. The van der Waals surface area contributed by atoms with Crippen LogP contribution >= 0.6 is 0 Å². The molecule has 2 amide bonds. The van der Waals surface area contributed by atoms with E-state index in [9.17, 15) is 14.0 Å². The molecule has 0 saturated carbocycles. The Hall–Kier alpha value is -1.91. The first-order chi connectivity index (χ1) is 10.6. The van der Waals surface area contributed by atoms with Crippen LogP contribution < -0.4 is 5.32 Å². The van der Waals surface area contributed by atoms with E-state index in [0.29, 0.717) is 26.1 Å². The molecule has 2 rings (SSSR count). The summed E-state index contributed by atoms with van der Waals surface area (Å²) in [5.41, 5.74) is 0.781. The molecule has 0 radical (unpaired) electrons. The molecule has 1 aliphatic heterocycles. The van der Waals surface area contributed by atoms with Gasteiger partial charge in [0, 0.05) is 32.0 Å². The highest BCUT2D eigenvalue weighted by Gasteiger charge is 2.39. The van der Waals surface area contributed by atoms with Crippen LogP contribution in [0.2, 0.25) is 0 Å². The minimum atomic E-state index is -0.316. The van der Waals surface area contributed by atoms with E-state index in [4.69, 9.17) is 0 Å². The van der Waals surface area contributed by atoms with Crippen molar-refractivity contribution in [2.45, 2.75) is 32.6 Å². The Morgan fingerprint density at radius 1 is 1.32 bits per heavy atom. The molecule has 1 aromatic rings. The van der Waals surface area contributed by atoms with Crippen LogP contribution in [0.3, 0.4) is 0 Å². The van der Waals surface area contributed by atoms with E-state index in [2.05, 4.69) is 5.32 Å². The molecule has 0 aromatic heterocycles. The molecule has 22 heavy (non-hydrogen) atoms. The number of benzene rings is 1. The van der Waals surface area contributed by atoms with Crippen molar-refractivity contribution < 1.29 is 14.0 Å². The van der Waals surface area contributed by atoms with Crippen molar-refractivity contribution in [1.82, 2.24) is 10.2 Å². The minimum absolute atomic E-state index is 0.0344. The molecular weight excluding hydrogens is 283 g/mol. The highest BCUT2D eigenvalue weighted by molar-refractivity contribution is 5.83. The highest BCUT2D eigenvalue weighted by Crippen LogP contribution is 2.33. The van der Waals surface area contributed by atoms with E-state index in [1.165, 1.54) is 12.1 Å². The highest BCUT2D eigenvalue weighted by atomic mass is 19.1. The number of likely N-dealkylation sites (tertiary alicyclic amines) is 1. The van der Waals surface area contributed by atoms with Gasteiger partial charge in [-0.15, -0.1) is 0 Å². The molecule has 1 saturated heterocycles. The van der Waals surface area contributed by atoms with Gasteiger partial charge < -0.3 is 10.2 Å². The zero-order valence-corrected chi connectivity index (χ0v) is 13.1. The summed E-state index contributed by atoms with van der Waals surface area (Å²) in [6.07, 6.45) is 1.28. The van der Waals surface area contributed by atoms with E-state index in [1.807, 2.05) is 19.9 Å². The summed E-state index contributed by atoms with van der Waals surface area (Å²) < 4.78 is 13.5. The fourth-order valence-electron chi connectivity index (χ4n) is 2.95. The second-order valence-electron chi connectivity index (χ2n) is 5.71. The lowest BCUT2D eigenvalue weighted by atomic mass is 9.88. The fourth-order valence-corrected chi connectivity index (χ4v) is 2.95. The van der Waals surface area contributed by atoms with Gasteiger partial charge in [0.25, 0.3) is 0 Å². The molecule has 5 heteroatoms. The third-order valence-electron chi connectivity index (χ3n) is 4.14. The van der Waals surface area contributed by atoms with Crippen molar-refractivity contribution in [2.75, 3.05) is 19.6 Å². The summed E-state index contributed by atoms with van der Waals surface area (Å²) in [7, 11) is 0. The van der Waals surface area contributed by atoms with Crippen LogP contribution in [0.15, 0.2) is 24.3 Å². The van der Waals surface area contributed by atoms with Gasteiger partial charge in [0.05, 0.1) is 5.92 Å². The fraction of sp³-hybridized carbons (Fsp3) is 0.529. The minimum Gasteiger partial charge on any atom is -0.356 e. The standard InChI is InChI=1S/C17H23FN2O2/c1-3-8-19-17(22)15-11-20(16(21)4-2)10-14(15)12-6-5-7-13(18)9-12/h5-7,9,14-15H,3-4,8,10-11H2,1-2H3,(H,19,22)/t14-,15-/m1/s1. The van der Waals surface area contributed by atoms with Crippen LogP contribution in [0.25, 0.3) is 0 Å². The van der Waals surface area contributed by atoms with Crippen molar-refractivity contribution in [1.29, 1.82) is 0 Å². The molecule has 0 bridgehead atoms. The Morgan fingerprint density at radius 2 is 2.09 bits per heavy atom. The van der Waals surface area contributed by atoms with Crippen molar-refractivity contribution in [2.24, 2.45) is 5.92 Å². The lowest BCUT2D eigenvalue weighted by Crippen LogP contribution is -2.35. The summed E-state index contributed by atoms with van der Waals surface area (Å²) >= 11 is 0. The average Bonchev–Trinajstić information content (AvgIpc) is 2.97. The molecule has 2 atom stereocenters. The number of nitrogens with one attached hydrogen (secondary N) is 1. The first-order valence-electron chi connectivity index (χ1n) is 7.87. The molecule has 120 valence electrons. The molecule has 1 aliphatic rings. The third kappa shape index (κ3) is 3.64. The average molecular weight is 306 g/mol. The first-order valence-corrected chi connectivity index (χ1v) is 7.87. The van der Waals surface area contributed by atoms with Crippen molar-refractivity contribution in [3.8, 4) is 0 Å². The summed E-state index contributed by atoms with van der Waals surface area (Å²) in [4.78, 5) is 26.1. The SMILES string of the molecule is CCCNC(=O)[C@@H]1CN(C(=O)CC)C[C@@H]1c1cccc(F)c1. The van der Waals surface area contributed by atoms with E-state index < -0.39 is 0 Å². The van der Waals surface area contributed by atoms with Crippen LogP contribution in [0.1, 0.15) is 38.2 Å². The number of hydrogen-bond acceptors (Lipinski definition) is 2. The van der Waals surface area contributed by atoms with Crippen molar-refractivity contribution in [3.63, 3.8) is 0 Å². The van der Waals surface area contributed by atoms with Gasteiger partial charge in [0.1, 0.15) is 5.82 Å². The van der Waals surface area contributed by atoms with Crippen LogP contribution in [0.4, 0.5) is 4.39 Å². The Balaban J connectivity index is 2.22. The number of carbonyl (C=O) groups excluding carboxylic acids is 2. The van der Waals surface area contributed by atoms with Gasteiger partial charge >= 0.3 is 0 Å². The van der Waals surface area contributed by atoms with Crippen molar-refractivity contribution >= 4 is 11.8 Å². The Labute approximate surface area is 130 Å². The molecule has 1 fully saturated rings. The van der Waals surface area contributed by atoms with E-state index >= 15 is 0 Å². The molecule has 4 nitrogen and oxygen atoms in total. The van der Waals surface area contributed by atoms with Crippen LogP contribution in [0, 0.1) is 11.7 Å². The Kier molecular flexibility index (Phi) is 5.52. The van der Waals surface area contributed by atoms with Gasteiger partial charge in [0.2, 0.25) is 11.8 Å². The van der Waals surface area contributed by atoms with Gasteiger partial charge in [-0.2, -0.15) is 0 Å². The van der Waals surface area contributed by atoms with Gasteiger partial charge in [0.15, 0.2) is 0 Å². The largest absolute Gasteiger partial charge is 0.356 e. The number of nitrogens with zero attached hydrogens (tertiary/aromatic N) is 1. The summed E-state index contributed by atoms with van der Waals surface area (Å²) in [6, 6.07) is 6.33. The molecule has 0 unspecified atom stereocenters. The monoisotopic (exact) mass is 306 g/mol. The quantitative estimate of drug-likeness (QED) is 0.907. The zero-order valence-electron chi connectivity index (χ0n) is 13.1. The maximum Gasteiger partial charge on any atom is 0.225 e. The second-order valence-corrected chi connectivity index (χ2v) is 5.71. The van der Waals surface area contributed by atoms with Crippen LogP contribution in [-0.4, -0.2) is 36.3 Å². The molecule has 0 spiro atoms.